The van der Waals surface area contributed by atoms with Crippen LogP contribution in [0.15, 0.2) is 60.7 Å². The Morgan fingerprint density at radius 3 is 2.74 bits per heavy atom. The highest BCUT2D eigenvalue weighted by molar-refractivity contribution is 5.94. The molecule has 2 heterocycles. The van der Waals surface area contributed by atoms with Gasteiger partial charge in [-0.15, -0.1) is 0 Å². The van der Waals surface area contributed by atoms with E-state index in [0.717, 1.165) is 36.5 Å². The van der Waals surface area contributed by atoms with Gasteiger partial charge in [0.15, 0.2) is 5.82 Å². The first-order valence-electron chi connectivity index (χ1n) is 9.12. The molecule has 6 heteroatoms. The predicted octanol–water partition coefficient (Wildman–Crippen LogP) is 3.61. The maximum atomic E-state index is 13.8. The molecule has 1 amide bonds. The molecule has 138 valence electrons. The summed E-state index contributed by atoms with van der Waals surface area (Å²) in [6, 6.07) is 18.1. The fraction of sp³-hybridized carbons (Fsp3) is 0.238. The highest BCUT2D eigenvalue weighted by atomic mass is 19.1. The van der Waals surface area contributed by atoms with E-state index in [2.05, 4.69) is 20.4 Å². The maximum absolute atomic E-state index is 13.8. The van der Waals surface area contributed by atoms with E-state index in [1.165, 1.54) is 12.1 Å². The van der Waals surface area contributed by atoms with Gasteiger partial charge in [0.1, 0.15) is 5.82 Å². The number of nitrogens with one attached hydrogen (secondary N) is 2. The lowest BCUT2D eigenvalue weighted by Gasteiger charge is -2.33. The van der Waals surface area contributed by atoms with Crippen molar-refractivity contribution in [3.05, 3.63) is 72.0 Å². The number of benzene rings is 2. The van der Waals surface area contributed by atoms with Gasteiger partial charge in [0.25, 0.3) is 5.91 Å². The minimum Gasteiger partial charge on any atom is -0.353 e. The fourth-order valence-corrected chi connectivity index (χ4v) is 3.45. The van der Waals surface area contributed by atoms with Crippen LogP contribution in [-0.4, -0.2) is 35.2 Å². The number of anilines is 1. The van der Waals surface area contributed by atoms with Crippen LogP contribution in [-0.2, 0) is 0 Å². The van der Waals surface area contributed by atoms with Crippen LogP contribution < -0.4 is 10.2 Å². The summed E-state index contributed by atoms with van der Waals surface area (Å²) < 4.78 is 13.8. The number of nitrogens with zero attached hydrogens (tertiary/aromatic N) is 2. The molecule has 0 radical (unpaired) electrons. The molecule has 0 spiro atoms. The van der Waals surface area contributed by atoms with Crippen molar-refractivity contribution in [2.24, 2.45) is 0 Å². The SMILES string of the molecule is O=C(N[C@@H]1CCCN(c2cc(-c3ccccc3)[nH]n2)C1)c1ccccc1F. The minimum absolute atomic E-state index is 0.0391. The second-order valence-corrected chi connectivity index (χ2v) is 6.74. The molecule has 5 nitrogen and oxygen atoms in total. The number of rotatable bonds is 4. The Bertz CT molecular complexity index is 925. The Labute approximate surface area is 157 Å². The zero-order chi connectivity index (χ0) is 18.6. The van der Waals surface area contributed by atoms with E-state index >= 15 is 0 Å². The summed E-state index contributed by atoms with van der Waals surface area (Å²) >= 11 is 0. The van der Waals surface area contributed by atoms with E-state index in [9.17, 15) is 9.18 Å². The third kappa shape index (κ3) is 3.84. The summed E-state index contributed by atoms with van der Waals surface area (Å²) in [5.41, 5.74) is 2.13. The fourth-order valence-electron chi connectivity index (χ4n) is 3.45. The highest BCUT2D eigenvalue weighted by Gasteiger charge is 2.24. The number of carbonyl (C=O) groups is 1. The van der Waals surface area contributed by atoms with E-state index in [-0.39, 0.29) is 17.5 Å². The average Bonchev–Trinajstić information content (AvgIpc) is 3.19. The van der Waals surface area contributed by atoms with E-state index < -0.39 is 5.82 Å². The van der Waals surface area contributed by atoms with Crippen molar-refractivity contribution < 1.29 is 9.18 Å². The molecule has 0 unspecified atom stereocenters. The molecule has 0 bridgehead atoms. The lowest BCUT2D eigenvalue weighted by molar-refractivity contribution is 0.0929. The Morgan fingerprint density at radius 2 is 1.93 bits per heavy atom. The molecule has 27 heavy (non-hydrogen) atoms. The van der Waals surface area contributed by atoms with Crippen LogP contribution >= 0.6 is 0 Å². The third-order valence-corrected chi connectivity index (χ3v) is 4.85. The normalized spacial score (nSPS) is 16.9. The number of halogens is 1. The number of aromatic nitrogens is 2. The summed E-state index contributed by atoms with van der Waals surface area (Å²) in [7, 11) is 0. The molecule has 1 atom stereocenters. The minimum atomic E-state index is -0.498. The van der Waals surface area contributed by atoms with Crippen molar-refractivity contribution in [3.63, 3.8) is 0 Å². The predicted molar refractivity (Wildman–Crippen MR) is 103 cm³/mol. The summed E-state index contributed by atoms with van der Waals surface area (Å²) in [6.45, 7) is 1.53. The number of amides is 1. The first-order chi connectivity index (χ1) is 13.2. The van der Waals surface area contributed by atoms with Crippen LogP contribution in [0.4, 0.5) is 10.2 Å². The van der Waals surface area contributed by atoms with Crippen LogP contribution in [0.3, 0.4) is 0 Å². The molecule has 1 aromatic heterocycles. The van der Waals surface area contributed by atoms with Gasteiger partial charge >= 0.3 is 0 Å². The Hall–Kier alpha value is -3.15. The Balaban J connectivity index is 1.43. The van der Waals surface area contributed by atoms with E-state index in [1.54, 1.807) is 12.1 Å². The Kier molecular flexibility index (Phi) is 4.87. The molecular weight excluding hydrogens is 343 g/mol. The molecule has 1 aliphatic rings. The van der Waals surface area contributed by atoms with Gasteiger partial charge in [-0.05, 0) is 30.5 Å². The summed E-state index contributed by atoms with van der Waals surface area (Å²) in [6.07, 6.45) is 1.81. The van der Waals surface area contributed by atoms with Gasteiger partial charge in [-0.1, -0.05) is 42.5 Å². The lowest BCUT2D eigenvalue weighted by Crippen LogP contribution is -2.48. The monoisotopic (exact) mass is 364 g/mol. The van der Waals surface area contributed by atoms with E-state index in [4.69, 9.17) is 0 Å². The zero-order valence-electron chi connectivity index (χ0n) is 14.9. The second-order valence-electron chi connectivity index (χ2n) is 6.74. The molecule has 2 N–H and O–H groups in total. The van der Waals surface area contributed by atoms with Crippen molar-refractivity contribution in [1.29, 1.82) is 0 Å². The van der Waals surface area contributed by atoms with Gasteiger partial charge in [0.2, 0.25) is 0 Å². The van der Waals surface area contributed by atoms with Gasteiger partial charge in [0.05, 0.1) is 11.3 Å². The van der Waals surface area contributed by atoms with Crippen LogP contribution in [0.2, 0.25) is 0 Å². The van der Waals surface area contributed by atoms with Crippen molar-refractivity contribution in [2.45, 2.75) is 18.9 Å². The zero-order valence-corrected chi connectivity index (χ0v) is 14.9. The number of hydrogen-bond acceptors (Lipinski definition) is 3. The van der Waals surface area contributed by atoms with Crippen LogP contribution in [0.1, 0.15) is 23.2 Å². The quantitative estimate of drug-likeness (QED) is 0.743. The van der Waals surface area contributed by atoms with Crippen LogP contribution in [0.5, 0.6) is 0 Å². The number of piperidine rings is 1. The lowest BCUT2D eigenvalue weighted by atomic mass is 10.0. The topological polar surface area (TPSA) is 61.0 Å². The molecule has 1 aliphatic heterocycles. The summed E-state index contributed by atoms with van der Waals surface area (Å²) in [5.74, 6) is -0.00637. The molecule has 0 saturated carbocycles. The van der Waals surface area contributed by atoms with E-state index in [0.29, 0.717) is 6.54 Å². The van der Waals surface area contributed by atoms with Crippen molar-refractivity contribution >= 4 is 11.7 Å². The average molecular weight is 364 g/mol. The number of H-pyrrole nitrogens is 1. The molecule has 0 aliphatic carbocycles. The standard InChI is InChI=1S/C21H21FN4O/c22-18-11-5-4-10-17(18)21(27)23-16-9-6-12-26(14-16)20-13-19(24-25-20)15-7-2-1-3-8-15/h1-5,7-8,10-11,13,16H,6,9,12,14H2,(H,23,27)(H,24,25)/t16-/m1/s1. The van der Waals surface area contributed by atoms with Gasteiger partial charge < -0.3 is 10.2 Å². The van der Waals surface area contributed by atoms with Gasteiger partial charge in [0, 0.05) is 25.2 Å². The molecule has 1 saturated heterocycles. The van der Waals surface area contributed by atoms with Crippen molar-refractivity contribution in [2.75, 3.05) is 18.0 Å². The number of hydrogen-bond donors (Lipinski definition) is 2. The van der Waals surface area contributed by atoms with E-state index in [1.807, 2.05) is 36.4 Å². The van der Waals surface area contributed by atoms with Crippen molar-refractivity contribution in [3.8, 4) is 11.3 Å². The smallest absolute Gasteiger partial charge is 0.254 e. The van der Waals surface area contributed by atoms with Crippen LogP contribution in [0, 0.1) is 5.82 Å². The summed E-state index contributed by atoms with van der Waals surface area (Å²) in [4.78, 5) is 14.5. The number of aromatic amines is 1. The third-order valence-electron chi connectivity index (χ3n) is 4.85. The van der Waals surface area contributed by atoms with Gasteiger partial charge in [-0.25, -0.2) is 4.39 Å². The Morgan fingerprint density at radius 1 is 1.15 bits per heavy atom. The largest absolute Gasteiger partial charge is 0.353 e. The first-order valence-corrected chi connectivity index (χ1v) is 9.12. The van der Waals surface area contributed by atoms with Crippen molar-refractivity contribution in [1.82, 2.24) is 15.5 Å². The maximum Gasteiger partial charge on any atom is 0.254 e. The summed E-state index contributed by atoms with van der Waals surface area (Å²) in [5, 5.41) is 10.5. The first kappa shape index (κ1) is 17.3. The molecule has 2 aromatic carbocycles. The molecule has 3 aromatic rings. The molecule has 1 fully saturated rings. The number of carbonyl (C=O) groups excluding carboxylic acids is 1. The van der Waals surface area contributed by atoms with Gasteiger partial charge in [-0.3, -0.25) is 9.89 Å². The highest BCUT2D eigenvalue weighted by Crippen LogP contribution is 2.24. The second kappa shape index (κ2) is 7.61. The van der Waals surface area contributed by atoms with Gasteiger partial charge in [-0.2, -0.15) is 5.10 Å². The molecule has 4 rings (SSSR count). The van der Waals surface area contributed by atoms with Crippen LogP contribution in [0.25, 0.3) is 11.3 Å². The molecular formula is C21H21FN4O.